The maximum Gasteiger partial charge on any atom is 0.451 e. The molecule has 6 nitrogen and oxygen atoms in total. The van der Waals surface area contributed by atoms with Crippen molar-refractivity contribution in [1.82, 2.24) is 29.7 Å². The SMILES string of the molecule is FC(F)(F)c1nnc(-c2[nH]c3c(Cl)c(Cl)ccc3c2-n2ccnc2)[nH]1. The fraction of sp³-hybridized carbons (Fsp3) is 0.0714. The van der Waals surface area contributed by atoms with Crippen molar-refractivity contribution in [2.75, 3.05) is 0 Å². The molecular formula is C14H7Cl2F3N6. The van der Waals surface area contributed by atoms with Gasteiger partial charge in [-0.2, -0.15) is 13.2 Å². The first kappa shape index (κ1) is 16.0. The summed E-state index contributed by atoms with van der Waals surface area (Å²) in [6.07, 6.45) is 0.0698. The Labute approximate surface area is 147 Å². The Hall–Kier alpha value is -2.52. The molecule has 0 aliphatic carbocycles. The van der Waals surface area contributed by atoms with Crippen molar-refractivity contribution in [2.24, 2.45) is 0 Å². The van der Waals surface area contributed by atoms with Crippen LogP contribution in [0, 0.1) is 0 Å². The lowest BCUT2D eigenvalue weighted by atomic mass is 10.2. The third-order valence-electron chi connectivity index (χ3n) is 3.59. The quantitative estimate of drug-likeness (QED) is 0.533. The third-order valence-corrected chi connectivity index (χ3v) is 4.40. The summed E-state index contributed by atoms with van der Waals surface area (Å²) in [6.45, 7) is 0. The van der Waals surface area contributed by atoms with Crippen molar-refractivity contribution in [3.05, 3.63) is 46.7 Å². The number of fused-ring (bicyclic) bond motifs is 1. The fourth-order valence-corrected chi connectivity index (χ4v) is 2.89. The molecule has 0 aliphatic heterocycles. The minimum absolute atomic E-state index is 0.0839. The number of aromatic nitrogens is 6. The van der Waals surface area contributed by atoms with Gasteiger partial charge in [0.2, 0.25) is 5.82 Å². The molecular weight excluding hydrogens is 380 g/mol. The normalized spacial score (nSPS) is 12.2. The van der Waals surface area contributed by atoms with Crippen molar-refractivity contribution < 1.29 is 13.2 Å². The molecule has 1 aromatic carbocycles. The van der Waals surface area contributed by atoms with Gasteiger partial charge in [-0.1, -0.05) is 23.2 Å². The molecule has 2 N–H and O–H groups in total. The highest BCUT2D eigenvalue weighted by Crippen LogP contribution is 2.38. The molecule has 0 bridgehead atoms. The Bertz CT molecular complexity index is 1060. The molecule has 0 atom stereocenters. The zero-order valence-corrected chi connectivity index (χ0v) is 13.6. The third kappa shape index (κ3) is 2.56. The minimum atomic E-state index is -4.63. The van der Waals surface area contributed by atoms with Crippen LogP contribution >= 0.6 is 23.2 Å². The molecule has 0 saturated carbocycles. The summed E-state index contributed by atoms with van der Waals surface area (Å²) in [4.78, 5) is 9.12. The maximum absolute atomic E-state index is 12.8. The van der Waals surface area contributed by atoms with E-state index in [4.69, 9.17) is 23.2 Å². The Kier molecular flexibility index (Phi) is 3.51. The number of imidazole rings is 1. The summed E-state index contributed by atoms with van der Waals surface area (Å²) < 4.78 is 40.1. The number of H-pyrrole nitrogens is 2. The molecule has 0 unspecified atom stereocenters. The lowest BCUT2D eigenvalue weighted by Gasteiger charge is -2.04. The van der Waals surface area contributed by atoms with E-state index in [1.54, 1.807) is 29.1 Å². The lowest BCUT2D eigenvalue weighted by molar-refractivity contribution is -0.144. The van der Waals surface area contributed by atoms with Gasteiger partial charge in [0.05, 0.1) is 27.6 Å². The van der Waals surface area contributed by atoms with Crippen LogP contribution in [-0.4, -0.2) is 29.7 Å². The van der Waals surface area contributed by atoms with E-state index in [1.165, 1.54) is 6.33 Å². The molecule has 25 heavy (non-hydrogen) atoms. The summed E-state index contributed by atoms with van der Waals surface area (Å²) in [6, 6.07) is 3.31. The van der Waals surface area contributed by atoms with Gasteiger partial charge in [0.1, 0.15) is 5.69 Å². The number of hydrogen-bond donors (Lipinski definition) is 2. The molecule has 3 aromatic heterocycles. The van der Waals surface area contributed by atoms with Gasteiger partial charge in [0, 0.05) is 17.8 Å². The van der Waals surface area contributed by atoms with Gasteiger partial charge in [-0.05, 0) is 12.1 Å². The van der Waals surface area contributed by atoms with Gasteiger partial charge < -0.3 is 14.5 Å². The fourth-order valence-electron chi connectivity index (χ4n) is 2.52. The zero-order chi connectivity index (χ0) is 17.8. The maximum atomic E-state index is 12.8. The zero-order valence-electron chi connectivity index (χ0n) is 12.1. The van der Waals surface area contributed by atoms with Crippen molar-refractivity contribution >= 4 is 34.1 Å². The first-order valence-electron chi connectivity index (χ1n) is 6.84. The Balaban J connectivity index is 2.02. The molecule has 0 fully saturated rings. The summed E-state index contributed by atoms with van der Waals surface area (Å²) in [5.74, 6) is -1.28. The molecule has 0 radical (unpaired) electrons. The van der Waals surface area contributed by atoms with E-state index in [1.807, 2.05) is 0 Å². The van der Waals surface area contributed by atoms with Gasteiger partial charge in [-0.3, -0.25) is 0 Å². The summed E-state index contributed by atoms with van der Waals surface area (Å²) >= 11 is 12.3. The van der Waals surface area contributed by atoms with E-state index in [2.05, 4.69) is 25.1 Å². The van der Waals surface area contributed by atoms with Crippen LogP contribution < -0.4 is 0 Å². The van der Waals surface area contributed by atoms with E-state index in [-0.39, 0.29) is 16.5 Å². The Morgan fingerprint density at radius 3 is 2.52 bits per heavy atom. The predicted molar refractivity (Wildman–Crippen MR) is 85.8 cm³/mol. The largest absolute Gasteiger partial charge is 0.451 e. The van der Waals surface area contributed by atoms with E-state index in [9.17, 15) is 13.2 Å². The number of benzene rings is 1. The molecule has 0 spiro atoms. The average molecular weight is 387 g/mol. The number of hydrogen-bond acceptors (Lipinski definition) is 3. The highest BCUT2D eigenvalue weighted by molar-refractivity contribution is 6.45. The minimum Gasteiger partial charge on any atom is -0.349 e. The van der Waals surface area contributed by atoms with Gasteiger partial charge in [-0.15, -0.1) is 10.2 Å². The van der Waals surface area contributed by atoms with Gasteiger partial charge in [-0.25, -0.2) is 4.98 Å². The van der Waals surface area contributed by atoms with E-state index in [0.29, 0.717) is 21.6 Å². The second-order valence-electron chi connectivity index (χ2n) is 5.12. The second-order valence-corrected chi connectivity index (χ2v) is 5.91. The highest BCUT2D eigenvalue weighted by Gasteiger charge is 2.36. The van der Waals surface area contributed by atoms with E-state index >= 15 is 0 Å². The van der Waals surface area contributed by atoms with Crippen molar-refractivity contribution in [1.29, 1.82) is 0 Å². The van der Waals surface area contributed by atoms with E-state index < -0.39 is 12.0 Å². The van der Waals surface area contributed by atoms with Crippen molar-refractivity contribution in [2.45, 2.75) is 6.18 Å². The van der Waals surface area contributed by atoms with Gasteiger partial charge in [0.25, 0.3) is 0 Å². The topological polar surface area (TPSA) is 75.2 Å². The number of aromatic amines is 2. The lowest BCUT2D eigenvalue weighted by Crippen LogP contribution is -2.07. The molecule has 0 aliphatic rings. The van der Waals surface area contributed by atoms with Crippen LogP contribution in [0.3, 0.4) is 0 Å². The molecule has 128 valence electrons. The van der Waals surface area contributed by atoms with Gasteiger partial charge >= 0.3 is 6.18 Å². The van der Waals surface area contributed by atoms with Crippen LogP contribution in [-0.2, 0) is 6.18 Å². The average Bonchev–Trinajstić information content (AvgIpc) is 3.27. The molecule has 4 rings (SSSR count). The number of alkyl halides is 3. The first-order chi connectivity index (χ1) is 11.9. The molecule has 11 heteroatoms. The smallest absolute Gasteiger partial charge is 0.349 e. The van der Waals surface area contributed by atoms with Crippen LogP contribution in [0.15, 0.2) is 30.9 Å². The van der Waals surface area contributed by atoms with E-state index in [0.717, 1.165) is 0 Å². The van der Waals surface area contributed by atoms with Crippen molar-refractivity contribution in [3.8, 4) is 17.2 Å². The summed E-state index contributed by atoms with van der Waals surface area (Å²) in [5, 5.41) is 7.98. The van der Waals surface area contributed by atoms with Crippen molar-refractivity contribution in [3.63, 3.8) is 0 Å². The van der Waals surface area contributed by atoms with Crippen LogP contribution in [0.1, 0.15) is 5.82 Å². The molecule has 0 amide bonds. The number of nitrogens with one attached hydrogen (secondary N) is 2. The molecule has 4 aromatic rings. The summed E-state index contributed by atoms with van der Waals surface area (Å²) in [7, 11) is 0. The number of halogens is 5. The van der Waals surface area contributed by atoms with Gasteiger partial charge in [0.15, 0.2) is 5.82 Å². The van der Waals surface area contributed by atoms with Crippen LogP contribution in [0.2, 0.25) is 10.0 Å². The van der Waals surface area contributed by atoms with Crippen LogP contribution in [0.5, 0.6) is 0 Å². The Morgan fingerprint density at radius 1 is 1.08 bits per heavy atom. The predicted octanol–water partition coefficient (Wildman–Crippen LogP) is 4.46. The summed E-state index contributed by atoms with van der Waals surface area (Å²) in [5.41, 5.74) is 1.27. The molecule has 3 heterocycles. The highest BCUT2D eigenvalue weighted by atomic mass is 35.5. The van der Waals surface area contributed by atoms with Crippen LogP contribution in [0.4, 0.5) is 13.2 Å². The standard InChI is InChI=1S/C14H7Cl2F3N6/c15-7-2-1-6-9(8(7)16)21-10(11(6)25-4-3-20-5-25)12-22-13(24-23-12)14(17,18)19/h1-5,21H,(H,22,23,24). The monoisotopic (exact) mass is 386 g/mol. The first-order valence-corrected chi connectivity index (χ1v) is 7.60. The molecule has 0 saturated heterocycles. The second kappa shape index (κ2) is 5.50. The number of nitrogens with zero attached hydrogens (tertiary/aromatic N) is 4. The number of rotatable bonds is 2. The Morgan fingerprint density at radius 2 is 1.88 bits per heavy atom. The van der Waals surface area contributed by atoms with Crippen LogP contribution in [0.25, 0.3) is 28.1 Å².